The van der Waals surface area contributed by atoms with Crippen molar-refractivity contribution in [1.82, 2.24) is 10.3 Å². The number of nitro groups is 1. The third-order valence-electron chi connectivity index (χ3n) is 2.84. The van der Waals surface area contributed by atoms with Crippen LogP contribution in [0.25, 0.3) is 0 Å². The van der Waals surface area contributed by atoms with Crippen LogP contribution in [0.5, 0.6) is 0 Å². The van der Waals surface area contributed by atoms with E-state index in [0.717, 1.165) is 9.26 Å². The summed E-state index contributed by atoms with van der Waals surface area (Å²) in [5.41, 5.74) is 0.479. The molecule has 0 radical (unpaired) electrons. The van der Waals surface area contributed by atoms with Crippen molar-refractivity contribution >= 4 is 57.3 Å². The van der Waals surface area contributed by atoms with Gasteiger partial charge in [-0.2, -0.15) is 0 Å². The number of amides is 1. The van der Waals surface area contributed by atoms with Crippen molar-refractivity contribution in [3.05, 3.63) is 61.3 Å². The van der Waals surface area contributed by atoms with Crippen molar-refractivity contribution in [3.8, 4) is 0 Å². The Morgan fingerprint density at radius 3 is 2.65 bits per heavy atom. The highest BCUT2D eigenvalue weighted by Crippen LogP contribution is 2.17. The average molecular weight is 442 g/mol. The van der Waals surface area contributed by atoms with E-state index < -0.39 is 10.8 Å². The third kappa shape index (κ3) is 4.42. The maximum atomic E-state index is 12.1. The van der Waals surface area contributed by atoms with Gasteiger partial charge in [0.1, 0.15) is 11.4 Å². The lowest BCUT2D eigenvalue weighted by atomic mass is 10.1. The van der Waals surface area contributed by atoms with Gasteiger partial charge < -0.3 is 5.32 Å². The predicted molar refractivity (Wildman–Crippen MR) is 98.5 cm³/mol. The summed E-state index contributed by atoms with van der Waals surface area (Å²) in [7, 11) is 0. The van der Waals surface area contributed by atoms with Gasteiger partial charge in [0.15, 0.2) is 5.11 Å². The van der Waals surface area contributed by atoms with Crippen molar-refractivity contribution in [2.45, 2.75) is 6.92 Å². The zero-order valence-corrected chi connectivity index (χ0v) is 14.8. The summed E-state index contributed by atoms with van der Waals surface area (Å²) >= 11 is 7.20. The Hall–Kier alpha value is -2.14. The number of carbonyl (C=O) groups excluding carboxylic acids is 1. The highest BCUT2D eigenvalue weighted by molar-refractivity contribution is 14.1. The number of nitro benzene ring substituents is 1. The minimum atomic E-state index is -0.656. The topological polar surface area (TPSA) is 97.2 Å². The fourth-order valence-electron chi connectivity index (χ4n) is 1.76. The first-order chi connectivity index (χ1) is 10.9. The molecule has 1 aromatic carbocycles. The molecule has 0 unspecified atom stereocenters. The largest absolute Gasteiger partial charge is 0.317 e. The number of nitrogens with one attached hydrogen (secondary N) is 2. The molecule has 9 heteroatoms. The first-order valence-corrected chi connectivity index (χ1v) is 7.86. The second-order valence-electron chi connectivity index (χ2n) is 4.45. The second kappa shape index (κ2) is 7.42. The number of aryl methyl sites for hydroxylation is 1. The van der Waals surface area contributed by atoms with Gasteiger partial charge in [0, 0.05) is 9.64 Å². The van der Waals surface area contributed by atoms with E-state index >= 15 is 0 Å². The lowest BCUT2D eigenvalue weighted by molar-refractivity contribution is -0.385. The van der Waals surface area contributed by atoms with Gasteiger partial charge in [0.05, 0.1) is 10.6 Å². The Balaban J connectivity index is 2.10. The number of benzene rings is 1. The molecular formula is C14H11IN4O3S. The zero-order chi connectivity index (χ0) is 17.0. The molecule has 0 fully saturated rings. The molecule has 118 valence electrons. The quantitative estimate of drug-likeness (QED) is 0.328. The number of aromatic nitrogens is 1. The van der Waals surface area contributed by atoms with E-state index in [9.17, 15) is 14.9 Å². The van der Waals surface area contributed by atoms with E-state index in [2.05, 4.69) is 38.2 Å². The van der Waals surface area contributed by atoms with Crippen molar-refractivity contribution < 1.29 is 9.72 Å². The number of hydrogen-bond acceptors (Lipinski definition) is 5. The Bertz CT molecular complexity index is 797. The predicted octanol–water partition coefficient (Wildman–Crippen LogP) is 3.03. The number of carbonyl (C=O) groups is 1. The molecule has 1 aromatic heterocycles. The van der Waals surface area contributed by atoms with E-state index in [1.807, 2.05) is 13.0 Å². The SMILES string of the molecule is Cc1nc(NC(=S)NC(=O)c2ccccc2[N+](=O)[O-])ccc1I. The van der Waals surface area contributed by atoms with Gasteiger partial charge in [-0.15, -0.1) is 0 Å². The van der Waals surface area contributed by atoms with Crippen LogP contribution in [0.2, 0.25) is 0 Å². The van der Waals surface area contributed by atoms with E-state index in [4.69, 9.17) is 12.2 Å². The summed E-state index contributed by atoms with van der Waals surface area (Å²) in [6.45, 7) is 1.85. The van der Waals surface area contributed by atoms with Crippen LogP contribution < -0.4 is 10.6 Å². The maximum absolute atomic E-state index is 12.1. The van der Waals surface area contributed by atoms with E-state index in [0.29, 0.717) is 5.82 Å². The van der Waals surface area contributed by atoms with Crippen molar-refractivity contribution in [1.29, 1.82) is 0 Å². The summed E-state index contributed by atoms with van der Waals surface area (Å²) in [5, 5.41) is 16.1. The van der Waals surface area contributed by atoms with Gasteiger partial charge in [0.2, 0.25) is 0 Å². The minimum absolute atomic E-state index is 0.0151. The molecule has 0 aliphatic heterocycles. The van der Waals surface area contributed by atoms with Crippen molar-refractivity contribution in [2.24, 2.45) is 0 Å². The molecule has 0 saturated heterocycles. The third-order valence-corrected chi connectivity index (χ3v) is 4.18. The smallest absolute Gasteiger partial charge is 0.282 e. The molecule has 0 bridgehead atoms. The zero-order valence-electron chi connectivity index (χ0n) is 11.9. The lowest BCUT2D eigenvalue weighted by Gasteiger charge is -2.10. The van der Waals surface area contributed by atoms with Gasteiger partial charge in [-0.1, -0.05) is 12.1 Å². The maximum Gasteiger partial charge on any atom is 0.282 e. The van der Waals surface area contributed by atoms with Crippen LogP contribution in [0.3, 0.4) is 0 Å². The molecule has 2 rings (SSSR count). The first-order valence-electron chi connectivity index (χ1n) is 6.37. The van der Waals surface area contributed by atoms with Crippen LogP contribution in [0, 0.1) is 20.6 Å². The normalized spacial score (nSPS) is 10.0. The molecule has 2 N–H and O–H groups in total. The number of halogens is 1. The Morgan fingerprint density at radius 1 is 1.30 bits per heavy atom. The molecule has 23 heavy (non-hydrogen) atoms. The van der Waals surface area contributed by atoms with Crippen LogP contribution in [0.4, 0.5) is 11.5 Å². The number of pyridine rings is 1. The Morgan fingerprint density at radius 2 is 2.00 bits per heavy atom. The van der Waals surface area contributed by atoms with Gasteiger partial charge in [-0.3, -0.25) is 20.2 Å². The second-order valence-corrected chi connectivity index (χ2v) is 6.02. The van der Waals surface area contributed by atoms with Gasteiger partial charge >= 0.3 is 0 Å². The summed E-state index contributed by atoms with van der Waals surface area (Å²) < 4.78 is 1.00. The van der Waals surface area contributed by atoms with Gasteiger partial charge in [0.25, 0.3) is 11.6 Å². The number of nitrogens with zero attached hydrogens (tertiary/aromatic N) is 2. The minimum Gasteiger partial charge on any atom is -0.317 e. The number of thiocarbonyl (C=S) groups is 1. The van der Waals surface area contributed by atoms with E-state index in [1.54, 1.807) is 12.1 Å². The number of para-hydroxylation sites is 1. The molecular weight excluding hydrogens is 431 g/mol. The monoisotopic (exact) mass is 442 g/mol. The van der Waals surface area contributed by atoms with Crippen LogP contribution in [-0.2, 0) is 0 Å². The highest BCUT2D eigenvalue weighted by Gasteiger charge is 2.19. The molecule has 0 aliphatic rings. The first kappa shape index (κ1) is 17.2. The van der Waals surface area contributed by atoms with Crippen molar-refractivity contribution in [2.75, 3.05) is 5.32 Å². The Kier molecular flexibility index (Phi) is 5.55. The standard InChI is InChI=1S/C14H11IN4O3S/c1-8-10(15)6-7-12(16-8)17-14(23)18-13(20)9-4-2-3-5-11(9)19(21)22/h2-7H,1H3,(H2,16,17,18,20,23). The number of rotatable bonds is 3. The summed E-state index contributed by atoms with van der Waals surface area (Å²) in [6, 6.07) is 9.24. The van der Waals surface area contributed by atoms with Crippen molar-refractivity contribution in [3.63, 3.8) is 0 Å². The Labute approximate surface area is 150 Å². The lowest BCUT2D eigenvalue weighted by Crippen LogP contribution is -2.34. The van der Waals surface area contributed by atoms with Crippen LogP contribution in [-0.4, -0.2) is 20.9 Å². The fraction of sp³-hybridized carbons (Fsp3) is 0.0714. The molecule has 1 amide bonds. The molecule has 0 aliphatic carbocycles. The highest BCUT2D eigenvalue weighted by atomic mass is 127. The molecule has 0 saturated carbocycles. The van der Waals surface area contributed by atoms with Crippen LogP contribution in [0.1, 0.15) is 16.1 Å². The van der Waals surface area contributed by atoms with E-state index in [1.165, 1.54) is 18.2 Å². The molecule has 2 aromatic rings. The summed E-state index contributed by atoms with van der Waals surface area (Å²) in [6.07, 6.45) is 0. The van der Waals surface area contributed by atoms with Crippen LogP contribution in [0.15, 0.2) is 36.4 Å². The summed E-state index contributed by atoms with van der Waals surface area (Å²) in [4.78, 5) is 26.7. The van der Waals surface area contributed by atoms with Crippen LogP contribution >= 0.6 is 34.8 Å². The van der Waals surface area contributed by atoms with E-state index in [-0.39, 0.29) is 16.4 Å². The van der Waals surface area contributed by atoms with Gasteiger partial charge in [-0.05, 0) is 59.9 Å². The fourth-order valence-corrected chi connectivity index (χ4v) is 2.25. The average Bonchev–Trinajstić information content (AvgIpc) is 2.50. The molecule has 1 heterocycles. The number of hydrogen-bond donors (Lipinski definition) is 2. The van der Waals surface area contributed by atoms with Gasteiger partial charge in [-0.25, -0.2) is 4.98 Å². The number of anilines is 1. The molecule has 7 nitrogen and oxygen atoms in total. The summed E-state index contributed by atoms with van der Waals surface area (Å²) in [5.74, 6) is -0.173. The molecule has 0 spiro atoms. The molecule has 0 atom stereocenters.